The van der Waals surface area contributed by atoms with E-state index in [0.717, 1.165) is 19.5 Å². The molecule has 0 bridgehead atoms. The van der Waals surface area contributed by atoms with E-state index in [9.17, 15) is 0 Å². The highest BCUT2D eigenvalue weighted by Gasteiger charge is 2.12. The largest absolute Gasteiger partial charge is 0.357 e. The van der Waals surface area contributed by atoms with E-state index in [0.29, 0.717) is 17.8 Å². The summed E-state index contributed by atoms with van der Waals surface area (Å²) in [6, 6.07) is 0. The van der Waals surface area contributed by atoms with Crippen LogP contribution >= 0.6 is 0 Å². The lowest BCUT2D eigenvalue weighted by molar-refractivity contribution is 0.750. The second-order valence-electron chi connectivity index (χ2n) is 4.06. The van der Waals surface area contributed by atoms with Crippen molar-refractivity contribution in [1.29, 1.82) is 0 Å². The van der Waals surface area contributed by atoms with Gasteiger partial charge in [0.05, 0.1) is 0 Å². The molecular weight excluding hydrogens is 242 g/mol. The van der Waals surface area contributed by atoms with Crippen LogP contribution in [0.25, 0.3) is 5.95 Å². The van der Waals surface area contributed by atoms with Crippen molar-refractivity contribution in [3.63, 3.8) is 0 Å². The van der Waals surface area contributed by atoms with Crippen molar-refractivity contribution in [3.8, 4) is 5.95 Å². The van der Waals surface area contributed by atoms with E-state index < -0.39 is 0 Å². The molecule has 0 fully saturated rings. The molecule has 2 rings (SSSR count). The van der Waals surface area contributed by atoms with Gasteiger partial charge < -0.3 is 10.2 Å². The fourth-order valence-electron chi connectivity index (χ4n) is 1.77. The monoisotopic (exact) mass is 261 g/mol. The normalized spacial score (nSPS) is 10.5. The third kappa shape index (κ3) is 2.98. The van der Waals surface area contributed by atoms with Gasteiger partial charge >= 0.3 is 0 Å². The molecule has 0 saturated carbocycles. The third-order valence-corrected chi connectivity index (χ3v) is 2.73. The van der Waals surface area contributed by atoms with Crippen LogP contribution in [0.4, 0.5) is 11.9 Å². The van der Waals surface area contributed by atoms with Crippen molar-refractivity contribution in [2.24, 2.45) is 0 Å². The summed E-state index contributed by atoms with van der Waals surface area (Å²) in [7, 11) is 1.80. The van der Waals surface area contributed by atoms with Gasteiger partial charge in [0.2, 0.25) is 17.8 Å². The molecule has 0 amide bonds. The molecule has 0 saturated heterocycles. The summed E-state index contributed by atoms with van der Waals surface area (Å²) in [5.41, 5.74) is 0. The molecule has 0 aliphatic rings. The molecule has 0 unspecified atom stereocenters. The predicted octanol–water partition coefficient (Wildman–Crippen LogP) is 1.34. The summed E-state index contributed by atoms with van der Waals surface area (Å²) in [5, 5.41) is 2.97. The maximum atomic E-state index is 4.50. The minimum Gasteiger partial charge on any atom is -0.357 e. The SMILES string of the molecule is CCCN(CC)c1nc(NC)nc(-n2ccnc2)n1. The van der Waals surface area contributed by atoms with Crippen LogP contribution in [0.15, 0.2) is 18.7 Å². The molecule has 102 valence electrons. The zero-order valence-electron chi connectivity index (χ0n) is 11.5. The van der Waals surface area contributed by atoms with Crippen molar-refractivity contribution >= 4 is 11.9 Å². The van der Waals surface area contributed by atoms with E-state index in [-0.39, 0.29) is 0 Å². The Morgan fingerprint density at radius 1 is 1.26 bits per heavy atom. The predicted molar refractivity (Wildman–Crippen MR) is 74.7 cm³/mol. The molecule has 2 aromatic rings. The highest BCUT2D eigenvalue weighted by Crippen LogP contribution is 2.13. The van der Waals surface area contributed by atoms with Gasteiger partial charge in [-0.15, -0.1) is 0 Å². The molecule has 7 heteroatoms. The Morgan fingerprint density at radius 2 is 2.11 bits per heavy atom. The van der Waals surface area contributed by atoms with Gasteiger partial charge in [0.15, 0.2) is 0 Å². The summed E-state index contributed by atoms with van der Waals surface area (Å²) in [6.45, 7) is 6.02. The molecule has 1 N–H and O–H groups in total. The molecular formula is C12H19N7. The molecule has 0 radical (unpaired) electrons. The second-order valence-corrected chi connectivity index (χ2v) is 4.06. The minimum atomic E-state index is 0.559. The van der Waals surface area contributed by atoms with Crippen molar-refractivity contribution in [2.75, 3.05) is 30.4 Å². The van der Waals surface area contributed by atoms with Gasteiger partial charge in [0.25, 0.3) is 0 Å². The maximum Gasteiger partial charge on any atom is 0.241 e. The third-order valence-electron chi connectivity index (χ3n) is 2.73. The van der Waals surface area contributed by atoms with Crippen molar-refractivity contribution in [1.82, 2.24) is 24.5 Å². The van der Waals surface area contributed by atoms with Crippen LogP contribution in [0.1, 0.15) is 20.3 Å². The Hall–Kier alpha value is -2.18. The minimum absolute atomic E-state index is 0.559. The standard InChI is InChI=1S/C12H19N7/c1-4-7-18(5-2)11-15-10(13-3)16-12(17-11)19-8-6-14-9-19/h6,8-9H,4-5,7H2,1-3H3,(H,13,15,16,17). The number of hydrogen-bond donors (Lipinski definition) is 1. The Labute approximate surface area is 112 Å². The molecule has 0 aliphatic heterocycles. The lowest BCUT2D eigenvalue weighted by atomic mass is 10.4. The first-order chi connectivity index (χ1) is 9.28. The van der Waals surface area contributed by atoms with E-state index in [1.165, 1.54) is 0 Å². The average Bonchev–Trinajstić information content (AvgIpc) is 2.98. The van der Waals surface area contributed by atoms with Crippen molar-refractivity contribution in [2.45, 2.75) is 20.3 Å². The summed E-state index contributed by atoms with van der Waals surface area (Å²) in [6.07, 6.45) is 6.24. The Bertz CT molecular complexity index is 509. The van der Waals surface area contributed by atoms with Crippen LogP contribution in [0.5, 0.6) is 0 Å². The van der Waals surface area contributed by atoms with E-state index in [2.05, 4.69) is 44.0 Å². The number of imidazole rings is 1. The molecule has 2 aromatic heterocycles. The van der Waals surface area contributed by atoms with Gasteiger partial charge in [-0.3, -0.25) is 4.57 Å². The first kappa shape index (κ1) is 13.3. The molecule has 0 spiro atoms. The molecule has 0 aromatic carbocycles. The fourth-order valence-corrected chi connectivity index (χ4v) is 1.77. The van der Waals surface area contributed by atoms with E-state index in [1.54, 1.807) is 24.1 Å². The van der Waals surface area contributed by atoms with Gasteiger partial charge in [0.1, 0.15) is 6.33 Å². The van der Waals surface area contributed by atoms with E-state index in [1.807, 2.05) is 6.20 Å². The molecule has 2 heterocycles. The fraction of sp³-hybridized carbons (Fsp3) is 0.500. The van der Waals surface area contributed by atoms with E-state index >= 15 is 0 Å². The lowest BCUT2D eigenvalue weighted by Crippen LogP contribution is -2.26. The smallest absolute Gasteiger partial charge is 0.241 e. The molecule has 7 nitrogen and oxygen atoms in total. The number of hydrogen-bond acceptors (Lipinski definition) is 6. The number of anilines is 2. The van der Waals surface area contributed by atoms with Gasteiger partial charge in [-0.25, -0.2) is 4.98 Å². The molecule has 19 heavy (non-hydrogen) atoms. The molecule has 0 aliphatic carbocycles. The number of aromatic nitrogens is 5. The Morgan fingerprint density at radius 3 is 2.68 bits per heavy atom. The first-order valence-corrected chi connectivity index (χ1v) is 6.45. The Balaban J connectivity index is 2.41. The van der Waals surface area contributed by atoms with Crippen LogP contribution in [-0.2, 0) is 0 Å². The van der Waals surface area contributed by atoms with Crippen LogP contribution in [-0.4, -0.2) is 44.6 Å². The second kappa shape index (κ2) is 6.12. The van der Waals surface area contributed by atoms with Crippen molar-refractivity contribution < 1.29 is 0 Å². The van der Waals surface area contributed by atoms with E-state index in [4.69, 9.17) is 0 Å². The topological polar surface area (TPSA) is 71.8 Å². The van der Waals surface area contributed by atoms with Crippen LogP contribution < -0.4 is 10.2 Å². The summed E-state index contributed by atoms with van der Waals surface area (Å²) in [5.74, 6) is 1.82. The number of nitrogens with one attached hydrogen (secondary N) is 1. The Kier molecular flexibility index (Phi) is 4.27. The summed E-state index contributed by atoms with van der Waals surface area (Å²) in [4.78, 5) is 19.4. The summed E-state index contributed by atoms with van der Waals surface area (Å²) >= 11 is 0. The van der Waals surface area contributed by atoms with Gasteiger partial charge in [0, 0.05) is 32.5 Å². The quantitative estimate of drug-likeness (QED) is 0.846. The maximum absolute atomic E-state index is 4.50. The average molecular weight is 261 g/mol. The van der Waals surface area contributed by atoms with Gasteiger partial charge in [-0.05, 0) is 13.3 Å². The van der Waals surface area contributed by atoms with Gasteiger partial charge in [-0.2, -0.15) is 15.0 Å². The lowest BCUT2D eigenvalue weighted by Gasteiger charge is -2.20. The zero-order valence-corrected chi connectivity index (χ0v) is 11.5. The van der Waals surface area contributed by atoms with Crippen LogP contribution in [0, 0.1) is 0 Å². The molecule has 0 atom stereocenters. The number of nitrogens with zero attached hydrogens (tertiary/aromatic N) is 6. The van der Waals surface area contributed by atoms with Crippen LogP contribution in [0.3, 0.4) is 0 Å². The highest BCUT2D eigenvalue weighted by molar-refractivity contribution is 5.39. The van der Waals surface area contributed by atoms with Crippen molar-refractivity contribution in [3.05, 3.63) is 18.7 Å². The summed E-state index contributed by atoms with van der Waals surface area (Å²) < 4.78 is 1.77. The first-order valence-electron chi connectivity index (χ1n) is 6.45. The highest BCUT2D eigenvalue weighted by atomic mass is 15.3. The number of rotatable bonds is 6. The zero-order chi connectivity index (χ0) is 13.7. The van der Waals surface area contributed by atoms with Gasteiger partial charge in [-0.1, -0.05) is 6.92 Å². The van der Waals surface area contributed by atoms with Crippen LogP contribution in [0.2, 0.25) is 0 Å².